The van der Waals surface area contributed by atoms with E-state index in [9.17, 15) is 0 Å². The number of rotatable bonds is 5. The number of nitrogens with zero attached hydrogens (tertiary/aromatic N) is 1. The maximum atomic E-state index is 5.41. The van der Waals surface area contributed by atoms with E-state index in [4.69, 9.17) is 4.74 Å². The van der Waals surface area contributed by atoms with Crippen molar-refractivity contribution in [3.63, 3.8) is 0 Å². The molecule has 0 radical (unpaired) electrons. The Morgan fingerprint density at radius 1 is 1.47 bits per heavy atom. The predicted octanol–water partition coefficient (Wildman–Crippen LogP) is 1.34. The maximum absolute atomic E-state index is 5.41. The highest BCUT2D eigenvalue weighted by Crippen LogP contribution is 2.08. The summed E-state index contributed by atoms with van der Waals surface area (Å²) in [5.74, 6) is 0.720. The van der Waals surface area contributed by atoms with E-state index in [0.29, 0.717) is 6.04 Å². The number of ether oxygens (including phenoxy) is 1. The first kappa shape index (κ1) is 12.9. The Morgan fingerprint density at radius 3 is 2.93 bits per heavy atom. The van der Waals surface area contributed by atoms with Crippen LogP contribution in [-0.4, -0.2) is 50.3 Å². The molecule has 1 unspecified atom stereocenters. The summed E-state index contributed by atoms with van der Waals surface area (Å²) in [6.07, 6.45) is 1.26. The van der Waals surface area contributed by atoms with Crippen LogP contribution in [0.15, 0.2) is 0 Å². The Balaban J connectivity index is 2.29. The lowest BCUT2D eigenvalue weighted by atomic mass is 10.0. The first-order valence-corrected chi connectivity index (χ1v) is 6.27. The fraction of sp³-hybridized carbons (Fsp3) is 1.00. The molecule has 0 aliphatic carbocycles. The van der Waals surface area contributed by atoms with Gasteiger partial charge in [0.15, 0.2) is 0 Å². The third kappa shape index (κ3) is 4.96. The van der Waals surface area contributed by atoms with Gasteiger partial charge in [-0.25, -0.2) is 0 Å². The molecule has 1 saturated heterocycles. The molecule has 0 saturated carbocycles. The highest BCUT2D eigenvalue weighted by Gasteiger charge is 2.19. The lowest BCUT2D eigenvalue weighted by Crippen LogP contribution is -2.42. The maximum Gasteiger partial charge on any atom is 0.0593 e. The zero-order valence-corrected chi connectivity index (χ0v) is 10.5. The minimum absolute atomic E-state index is 0.647. The Morgan fingerprint density at radius 2 is 2.27 bits per heavy atom. The average Bonchev–Trinajstić information content (AvgIpc) is 2.44. The molecule has 3 nitrogen and oxygen atoms in total. The van der Waals surface area contributed by atoms with Gasteiger partial charge < -0.3 is 10.1 Å². The lowest BCUT2D eigenvalue weighted by Gasteiger charge is -2.26. The molecule has 0 bridgehead atoms. The molecule has 15 heavy (non-hydrogen) atoms. The van der Waals surface area contributed by atoms with E-state index in [0.717, 1.165) is 32.2 Å². The Bertz CT molecular complexity index is 162. The second-order valence-corrected chi connectivity index (χ2v) is 4.66. The van der Waals surface area contributed by atoms with E-state index in [-0.39, 0.29) is 0 Å². The normalized spacial score (nSPS) is 24.4. The second kappa shape index (κ2) is 7.20. The summed E-state index contributed by atoms with van der Waals surface area (Å²) in [5.41, 5.74) is 0. The van der Waals surface area contributed by atoms with Crippen LogP contribution in [0.25, 0.3) is 0 Å². The van der Waals surface area contributed by atoms with Gasteiger partial charge in [0, 0.05) is 25.7 Å². The van der Waals surface area contributed by atoms with Gasteiger partial charge in [0.1, 0.15) is 0 Å². The first-order valence-electron chi connectivity index (χ1n) is 6.27. The molecular formula is C12H26N2O. The van der Waals surface area contributed by atoms with E-state index in [1.807, 2.05) is 0 Å². The van der Waals surface area contributed by atoms with Crippen LogP contribution in [0.4, 0.5) is 0 Å². The van der Waals surface area contributed by atoms with Crippen LogP contribution in [0.5, 0.6) is 0 Å². The zero-order valence-electron chi connectivity index (χ0n) is 10.5. The molecule has 1 aliphatic rings. The molecule has 0 aromatic rings. The van der Waals surface area contributed by atoms with Gasteiger partial charge in [-0.1, -0.05) is 13.8 Å². The molecule has 1 N–H and O–H groups in total. The van der Waals surface area contributed by atoms with Crippen LogP contribution in [-0.2, 0) is 4.74 Å². The summed E-state index contributed by atoms with van der Waals surface area (Å²) < 4.78 is 5.41. The summed E-state index contributed by atoms with van der Waals surface area (Å²) in [4.78, 5) is 2.53. The van der Waals surface area contributed by atoms with Gasteiger partial charge in [-0.15, -0.1) is 0 Å². The third-order valence-electron chi connectivity index (χ3n) is 3.07. The second-order valence-electron chi connectivity index (χ2n) is 4.66. The smallest absolute Gasteiger partial charge is 0.0593 e. The Hall–Kier alpha value is -0.120. The molecule has 1 heterocycles. The van der Waals surface area contributed by atoms with Crippen molar-refractivity contribution in [2.45, 2.75) is 33.2 Å². The molecule has 0 aromatic heterocycles. The first-order chi connectivity index (χ1) is 7.24. The van der Waals surface area contributed by atoms with E-state index >= 15 is 0 Å². The van der Waals surface area contributed by atoms with Crippen molar-refractivity contribution >= 4 is 0 Å². The molecule has 1 rings (SSSR count). The fourth-order valence-electron chi connectivity index (χ4n) is 2.01. The number of hydrogen-bond donors (Lipinski definition) is 1. The number of hydrogen-bond acceptors (Lipinski definition) is 3. The van der Waals surface area contributed by atoms with Crippen LogP contribution in [0.3, 0.4) is 0 Å². The third-order valence-corrected chi connectivity index (χ3v) is 3.07. The standard InChI is InChI=1S/C12H26N2O/c1-4-15-9-8-14-7-5-6-13-12(10-14)11(2)3/h11-13H,4-10H2,1-3H3. The molecule has 1 aliphatic heterocycles. The Labute approximate surface area is 94.2 Å². The summed E-state index contributed by atoms with van der Waals surface area (Å²) in [6.45, 7) is 13.0. The minimum atomic E-state index is 0.647. The molecule has 1 fully saturated rings. The van der Waals surface area contributed by atoms with Crippen molar-refractivity contribution in [2.75, 3.05) is 39.4 Å². The van der Waals surface area contributed by atoms with Crippen LogP contribution >= 0.6 is 0 Å². The van der Waals surface area contributed by atoms with Gasteiger partial charge in [-0.3, -0.25) is 4.90 Å². The van der Waals surface area contributed by atoms with Crippen LogP contribution < -0.4 is 5.32 Å². The van der Waals surface area contributed by atoms with Gasteiger partial charge in [0.25, 0.3) is 0 Å². The van der Waals surface area contributed by atoms with E-state index in [1.165, 1.54) is 19.5 Å². The molecule has 90 valence electrons. The van der Waals surface area contributed by atoms with Crippen LogP contribution in [0.1, 0.15) is 27.2 Å². The van der Waals surface area contributed by atoms with E-state index in [2.05, 4.69) is 31.0 Å². The van der Waals surface area contributed by atoms with Crippen molar-refractivity contribution < 1.29 is 4.74 Å². The van der Waals surface area contributed by atoms with Crippen molar-refractivity contribution in [2.24, 2.45) is 5.92 Å². The fourth-order valence-corrected chi connectivity index (χ4v) is 2.01. The predicted molar refractivity (Wildman–Crippen MR) is 64.2 cm³/mol. The largest absolute Gasteiger partial charge is 0.380 e. The average molecular weight is 214 g/mol. The SMILES string of the molecule is CCOCCN1CCCNC(C(C)C)C1. The number of nitrogens with one attached hydrogen (secondary N) is 1. The van der Waals surface area contributed by atoms with E-state index in [1.54, 1.807) is 0 Å². The zero-order chi connectivity index (χ0) is 11.1. The summed E-state index contributed by atoms with van der Waals surface area (Å²) >= 11 is 0. The minimum Gasteiger partial charge on any atom is -0.380 e. The summed E-state index contributed by atoms with van der Waals surface area (Å²) in [5, 5.41) is 3.62. The van der Waals surface area contributed by atoms with Crippen molar-refractivity contribution in [1.29, 1.82) is 0 Å². The van der Waals surface area contributed by atoms with Gasteiger partial charge >= 0.3 is 0 Å². The molecule has 0 spiro atoms. The van der Waals surface area contributed by atoms with Gasteiger partial charge in [0.2, 0.25) is 0 Å². The molecule has 1 atom stereocenters. The highest BCUT2D eigenvalue weighted by atomic mass is 16.5. The van der Waals surface area contributed by atoms with Crippen molar-refractivity contribution in [3.8, 4) is 0 Å². The molecule has 0 aromatic carbocycles. The highest BCUT2D eigenvalue weighted by molar-refractivity contribution is 4.78. The van der Waals surface area contributed by atoms with Crippen molar-refractivity contribution in [3.05, 3.63) is 0 Å². The Kier molecular flexibility index (Phi) is 6.22. The van der Waals surface area contributed by atoms with E-state index < -0.39 is 0 Å². The summed E-state index contributed by atoms with van der Waals surface area (Å²) in [7, 11) is 0. The molecular weight excluding hydrogens is 188 g/mol. The molecule has 3 heteroatoms. The topological polar surface area (TPSA) is 24.5 Å². The molecule has 0 amide bonds. The summed E-state index contributed by atoms with van der Waals surface area (Å²) in [6, 6.07) is 0.647. The van der Waals surface area contributed by atoms with Gasteiger partial charge in [0.05, 0.1) is 6.61 Å². The van der Waals surface area contributed by atoms with Crippen molar-refractivity contribution in [1.82, 2.24) is 10.2 Å². The van der Waals surface area contributed by atoms with Gasteiger partial charge in [-0.05, 0) is 32.4 Å². The lowest BCUT2D eigenvalue weighted by molar-refractivity contribution is 0.110. The van der Waals surface area contributed by atoms with Crippen LogP contribution in [0, 0.1) is 5.92 Å². The van der Waals surface area contributed by atoms with Gasteiger partial charge in [-0.2, -0.15) is 0 Å². The monoisotopic (exact) mass is 214 g/mol. The van der Waals surface area contributed by atoms with Crippen LogP contribution in [0.2, 0.25) is 0 Å². The quantitative estimate of drug-likeness (QED) is 0.699.